The van der Waals surface area contributed by atoms with Crippen molar-refractivity contribution in [3.05, 3.63) is 54.0 Å². The summed E-state index contributed by atoms with van der Waals surface area (Å²) in [7, 11) is -1.73. The number of benzene rings is 1. The highest BCUT2D eigenvalue weighted by Crippen LogP contribution is 2.22. The molecule has 2 heterocycles. The Morgan fingerprint density at radius 2 is 1.85 bits per heavy atom. The van der Waals surface area contributed by atoms with Gasteiger partial charge in [-0.15, -0.1) is 0 Å². The van der Waals surface area contributed by atoms with Crippen molar-refractivity contribution in [2.45, 2.75) is 23.8 Å². The van der Waals surface area contributed by atoms with Crippen LogP contribution in [0, 0.1) is 5.82 Å². The number of anilines is 1. The van der Waals surface area contributed by atoms with Crippen molar-refractivity contribution in [3.63, 3.8) is 0 Å². The normalized spacial score (nSPS) is 16.6. The number of rotatable bonds is 6. The first-order valence-electron chi connectivity index (χ1n) is 8.49. The van der Waals surface area contributed by atoms with Crippen LogP contribution in [-0.4, -0.2) is 49.5 Å². The van der Waals surface area contributed by atoms with Crippen molar-refractivity contribution in [2.24, 2.45) is 0 Å². The minimum absolute atomic E-state index is 0.177. The van der Waals surface area contributed by atoms with Gasteiger partial charge in [0.1, 0.15) is 16.5 Å². The number of aliphatic hydroxyl groups is 1. The summed E-state index contributed by atoms with van der Waals surface area (Å²) >= 11 is 0. The Morgan fingerprint density at radius 1 is 1.19 bits per heavy atom. The van der Waals surface area contributed by atoms with Gasteiger partial charge in [0, 0.05) is 32.9 Å². The van der Waals surface area contributed by atoms with Gasteiger partial charge in [0.15, 0.2) is 0 Å². The van der Waals surface area contributed by atoms with Crippen LogP contribution in [0.3, 0.4) is 0 Å². The Bertz CT molecular complexity index is 835. The van der Waals surface area contributed by atoms with Gasteiger partial charge in [0.05, 0.1) is 6.10 Å². The molecule has 0 saturated carbocycles. The molecule has 0 aliphatic carbocycles. The molecule has 1 saturated heterocycles. The predicted octanol–water partition coefficient (Wildman–Crippen LogP) is 2.17. The highest BCUT2D eigenvalue weighted by atomic mass is 32.2. The molecule has 1 aromatic carbocycles. The fraction of sp³-hybridized carbons (Fsp3) is 0.389. The summed E-state index contributed by atoms with van der Waals surface area (Å²) in [6, 6.07) is 8.83. The maximum absolute atomic E-state index is 13.0. The predicted molar refractivity (Wildman–Crippen MR) is 96.9 cm³/mol. The van der Waals surface area contributed by atoms with Crippen LogP contribution in [0.5, 0.6) is 0 Å². The first-order chi connectivity index (χ1) is 12.4. The first kappa shape index (κ1) is 18.8. The summed E-state index contributed by atoms with van der Waals surface area (Å²) < 4.78 is 39.5. The van der Waals surface area contributed by atoms with Crippen LogP contribution in [-0.2, 0) is 10.0 Å². The molecule has 1 fully saturated rings. The van der Waals surface area contributed by atoms with Crippen molar-refractivity contribution < 1.29 is 17.9 Å². The fourth-order valence-electron chi connectivity index (χ4n) is 2.97. The lowest BCUT2D eigenvalue weighted by Crippen LogP contribution is -2.28. The minimum atomic E-state index is -3.48. The maximum Gasteiger partial charge on any atom is 0.244 e. The molecule has 1 aromatic heterocycles. The lowest BCUT2D eigenvalue weighted by molar-refractivity contribution is 0.184. The lowest BCUT2D eigenvalue weighted by atomic mass is 10.1. The van der Waals surface area contributed by atoms with Gasteiger partial charge in [-0.2, -0.15) is 4.31 Å². The quantitative estimate of drug-likeness (QED) is 0.833. The number of hydrogen-bond acceptors (Lipinski definition) is 5. The van der Waals surface area contributed by atoms with E-state index in [1.165, 1.54) is 40.8 Å². The van der Waals surface area contributed by atoms with Crippen LogP contribution >= 0.6 is 0 Å². The standard InChI is InChI=1S/C18H22FN3O3S/c1-21(13-17(23)14-4-6-15(19)7-5-14)18-9-8-16(12-20-18)26(24,25)22-10-2-3-11-22/h4-9,12,17,23H,2-3,10-11,13H2,1H3/t17-/m1/s1. The van der Waals surface area contributed by atoms with Crippen molar-refractivity contribution in [1.82, 2.24) is 9.29 Å². The van der Waals surface area contributed by atoms with Crippen molar-refractivity contribution in [3.8, 4) is 0 Å². The van der Waals surface area contributed by atoms with E-state index in [1.807, 2.05) is 0 Å². The van der Waals surface area contributed by atoms with Gasteiger partial charge in [-0.25, -0.2) is 17.8 Å². The first-order valence-corrected chi connectivity index (χ1v) is 9.93. The number of aliphatic hydroxyl groups excluding tert-OH is 1. The Kier molecular flexibility index (Phi) is 5.55. The van der Waals surface area contributed by atoms with E-state index in [9.17, 15) is 17.9 Å². The van der Waals surface area contributed by atoms with Crippen LogP contribution in [0.15, 0.2) is 47.5 Å². The Hall–Kier alpha value is -2.03. The number of nitrogens with zero attached hydrogens (tertiary/aromatic N) is 3. The zero-order valence-electron chi connectivity index (χ0n) is 14.5. The summed E-state index contributed by atoms with van der Waals surface area (Å²) in [5, 5.41) is 10.3. The highest BCUT2D eigenvalue weighted by Gasteiger charge is 2.27. The molecule has 1 atom stereocenters. The number of sulfonamides is 1. The van der Waals surface area contributed by atoms with Crippen LogP contribution in [0.1, 0.15) is 24.5 Å². The molecule has 2 aromatic rings. The van der Waals surface area contributed by atoms with Gasteiger partial charge >= 0.3 is 0 Å². The Balaban J connectivity index is 1.68. The Morgan fingerprint density at radius 3 is 2.42 bits per heavy atom. The fourth-order valence-corrected chi connectivity index (χ4v) is 4.43. The van der Waals surface area contributed by atoms with E-state index in [-0.39, 0.29) is 17.3 Å². The molecule has 1 aliphatic rings. The molecular weight excluding hydrogens is 357 g/mol. The molecule has 1 aliphatic heterocycles. The summed E-state index contributed by atoms with van der Waals surface area (Å²) in [5.74, 6) is 0.192. The number of pyridine rings is 1. The number of aromatic nitrogens is 1. The summed E-state index contributed by atoms with van der Waals surface area (Å²) in [6.07, 6.45) is 2.31. The number of hydrogen-bond donors (Lipinski definition) is 1. The van der Waals surface area contributed by atoms with E-state index in [1.54, 1.807) is 18.0 Å². The summed E-state index contributed by atoms with van der Waals surface area (Å²) in [4.78, 5) is 6.13. The zero-order valence-corrected chi connectivity index (χ0v) is 15.4. The molecule has 1 N–H and O–H groups in total. The third-order valence-electron chi connectivity index (χ3n) is 4.52. The van der Waals surface area contributed by atoms with Crippen molar-refractivity contribution in [2.75, 3.05) is 31.6 Å². The largest absolute Gasteiger partial charge is 0.387 e. The summed E-state index contributed by atoms with van der Waals surface area (Å²) in [6.45, 7) is 1.35. The molecule has 140 valence electrons. The van der Waals surface area contributed by atoms with Crippen LogP contribution in [0.4, 0.5) is 10.2 Å². The van der Waals surface area contributed by atoms with Gasteiger partial charge in [-0.05, 0) is 42.7 Å². The second-order valence-corrected chi connectivity index (χ2v) is 8.35. The van der Waals surface area contributed by atoms with Crippen LogP contribution in [0.25, 0.3) is 0 Å². The molecule has 0 amide bonds. The van der Waals surface area contributed by atoms with Crippen LogP contribution in [0.2, 0.25) is 0 Å². The number of halogens is 1. The Labute approximate surface area is 152 Å². The molecule has 8 heteroatoms. The van der Waals surface area contributed by atoms with Crippen molar-refractivity contribution in [1.29, 1.82) is 0 Å². The third-order valence-corrected chi connectivity index (χ3v) is 6.40. The SMILES string of the molecule is CN(C[C@@H](O)c1ccc(F)cc1)c1ccc(S(=O)(=O)N2CCCC2)cn1. The van der Waals surface area contributed by atoms with E-state index < -0.39 is 16.1 Å². The highest BCUT2D eigenvalue weighted by molar-refractivity contribution is 7.89. The molecule has 6 nitrogen and oxygen atoms in total. The second-order valence-electron chi connectivity index (χ2n) is 6.41. The second kappa shape index (κ2) is 7.69. The van der Waals surface area contributed by atoms with E-state index in [4.69, 9.17) is 0 Å². The molecule has 26 heavy (non-hydrogen) atoms. The van der Waals surface area contributed by atoms with Gasteiger partial charge in [-0.3, -0.25) is 0 Å². The van der Waals surface area contributed by atoms with Crippen molar-refractivity contribution >= 4 is 15.8 Å². The lowest BCUT2D eigenvalue weighted by Gasteiger charge is -2.22. The number of likely N-dealkylation sites (N-methyl/N-ethyl adjacent to an activating group) is 1. The van der Waals surface area contributed by atoms with Gasteiger partial charge in [0.2, 0.25) is 10.0 Å². The average molecular weight is 379 g/mol. The average Bonchev–Trinajstić information content (AvgIpc) is 3.18. The van der Waals surface area contributed by atoms with Gasteiger partial charge in [-0.1, -0.05) is 12.1 Å². The zero-order chi connectivity index (χ0) is 18.7. The molecule has 3 rings (SSSR count). The van der Waals surface area contributed by atoms with E-state index in [2.05, 4.69) is 4.98 Å². The maximum atomic E-state index is 13.0. The minimum Gasteiger partial charge on any atom is -0.387 e. The smallest absolute Gasteiger partial charge is 0.244 e. The van der Waals surface area contributed by atoms with Gasteiger partial charge < -0.3 is 10.0 Å². The van der Waals surface area contributed by atoms with E-state index in [0.29, 0.717) is 24.5 Å². The van der Waals surface area contributed by atoms with E-state index in [0.717, 1.165) is 12.8 Å². The monoisotopic (exact) mass is 379 g/mol. The van der Waals surface area contributed by atoms with E-state index >= 15 is 0 Å². The summed E-state index contributed by atoms with van der Waals surface area (Å²) in [5.41, 5.74) is 0.603. The van der Waals surface area contributed by atoms with Gasteiger partial charge in [0.25, 0.3) is 0 Å². The molecule has 0 spiro atoms. The van der Waals surface area contributed by atoms with Crippen LogP contribution < -0.4 is 4.90 Å². The molecule has 0 radical (unpaired) electrons. The topological polar surface area (TPSA) is 73.7 Å². The third kappa shape index (κ3) is 4.03. The molecular formula is C18H22FN3O3S. The molecule has 0 bridgehead atoms. The molecule has 0 unspecified atom stereocenters.